The Morgan fingerprint density at radius 1 is 0.385 bits per heavy atom. The van der Waals surface area contributed by atoms with Crippen molar-refractivity contribution in [3.05, 3.63) is 0 Å². The molecule has 0 heterocycles. The molecule has 13 unspecified atom stereocenters. The van der Waals surface area contributed by atoms with Crippen molar-refractivity contribution in [2.24, 2.45) is 76.4 Å². The minimum Gasteiger partial charge on any atom is -0.247 e. The van der Waals surface area contributed by atoms with Gasteiger partial charge in [0.25, 0.3) is 5.92 Å². The van der Waals surface area contributed by atoms with Crippen molar-refractivity contribution in [3.63, 3.8) is 0 Å². The van der Waals surface area contributed by atoms with Crippen LogP contribution >= 0.6 is 0 Å². The largest absolute Gasteiger partial charge is 0.394 e. The van der Waals surface area contributed by atoms with Crippen LogP contribution in [0.2, 0.25) is 0 Å². The van der Waals surface area contributed by atoms with Gasteiger partial charge < -0.3 is 0 Å². The van der Waals surface area contributed by atoms with E-state index < -0.39 is 144 Å². The summed E-state index contributed by atoms with van der Waals surface area (Å²) in [6.07, 6.45) is -25.7. The van der Waals surface area contributed by atoms with Gasteiger partial charge in [0.05, 0.1) is 29.1 Å². The minimum atomic E-state index is -6.19. The van der Waals surface area contributed by atoms with E-state index in [1.54, 1.807) is 0 Å². The first-order valence-electron chi connectivity index (χ1n) is 20.1. The number of fused-ring (bicyclic) bond motifs is 1. The van der Waals surface area contributed by atoms with Gasteiger partial charge in [0.15, 0.2) is 6.17 Å². The summed E-state index contributed by atoms with van der Waals surface area (Å²) in [6.45, 7) is 11.6. The standard InChI is InChI=1S/C12H15F9.C9H13F3.C8H7F9.C8H12F4.C2H6.CH4/c1-4-5(2)8(11(16,17)18)9(12(19,20)21)6(3)7(4)10(13,14)15;1-5-6-3-4-7(5)8(6,2)9(10,11)12;1-3-5(10,11)4(2,9)7(14,15)8(16,17)6(3,12)13;1-3-5(9)4(2)7(11)8(12)6(3)10;1-2;/h4-9H,1-3H3;5-7H,3-4H2,1-2H3;3H,1-2H3;3-8H,1-2H3;1-2H3;1H4/t4-,5?,6?,7?,8?,9?;5?,6-,7+,8?;3-,4?;3-,4?,5?,6?,7?,8?;;/m1.00../s1. The Morgan fingerprint density at radius 3 is 0.969 bits per heavy atom. The highest BCUT2D eigenvalue weighted by molar-refractivity contribution is 5.20. The third-order valence-corrected chi connectivity index (χ3v) is 14.6. The van der Waals surface area contributed by atoms with Crippen molar-refractivity contribution < 1.29 is 110 Å². The van der Waals surface area contributed by atoms with Crippen molar-refractivity contribution in [2.45, 2.75) is 175 Å². The SMILES string of the molecule is C.CC.CC1C(C(F)(F)F)C(C(F)(F)F)C(C)[C@@H](C)C1C(F)(F)F.CC1C(F)C(F)C(F)[C@@H](C)C1F.CC1[C@H]2CC[C@@H]1C2(C)C(F)(F)F.C[C@H]1C(F)(F)C(C)(F)C(F)(F)C(F)(F)C1(F)F. The quantitative estimate of drug-likeness (QED) is 0.212. The molecule has 0 aromatic rings. The molecule has 0 amide bonds. The molecule has 6 saturated carbocycles. The lowest BCUT2D eigenvalue weighted by Crippen LogP contribution is -2.77. The summed E-state index contributed by atoms with van der Waals surface area (Å²) in [5.74, 6) is -42.6. The number of hydrogen-bond acceptors (Lipinski definition) is 0. The highest BCUT2D eigenvalue weighted by Crippen LogP contribution is 2.71. The molecule has 6 aliphatic carbocycles. The Hall–Kier alpha value is -1.75. The maximum Gasteiger partial charge on any atom is 0.394 e. The van der Waals surface area contributed by atoms with Crippen molar-refractivity contribution in [1.82, 2.24) is 0 Å². The summed E-state index contributed by atoms with van der Waals surface area (Å²) >= 11 is 0. The third-order valence-electron chi connectivity index (χ3n) is 14.6. The normalized spacial score (nSPS) is 43.8. The Morgan fingerprint density at radius 2 is 0.692 bits per heavy atom. The molecule has 0 spiro atoms. The zero-order valence-electron chi connectivity index (χ0n) is 36.1. The highest BCUT2D eigenvalue weighted by Gasteiger charge is 2.91. The average molecular weight is 1010 g/mol. The van der Waals surface area contributed by atoms with Gasteiger partial charge in [-0.2, -0.15) is 79.0 Å². The van der Waals surface area contributed by atoms with Gasteiger partial charge in [-0.05, 0) is 55.3 Å². The van der Waals surface area contributed by atoms with E-state index in [0.29, 0.717) is 12.8 Å². The van der Waals surface area contributed by atoms with Crippen molar-refractivity contribution in [2.75, 3.05) is 0 Å². The van der Waals surface area contributed by atoms with Crippen molar-refractivity contribution in [1.29, 1.82) is 0 Å². The van der Waals surface area contributed by atoms with Gasteiger partial charge in [-0.15, -0.1) is 0 Å². The Labute approximate surface area is 361 Å². The summed E-state index contributed by atoms with van der Waals surface area (Å²) < 4.78 is 322. The minimum absolute atomic E-state index is 0. The second kappa shape index (κ2) is 19.9. The molecule has 2 bridgehead atoms. The van der Waals surface area contributed by atoms with Crippen LogP contribution in [0.1, 0.15) is 96.4 Å². The zero-order valence-corrected chi connectivity index (χ0v) is 36.1. The van der Waals surface area contributed by atoms with E-state index >= 15 is 0 Å². The molecule has 6 aliphatic rings. The fourth-order valence-corrected chi connectivity index (χ4v) is 10.2. The lowest BCUT2D eigenvalue weighted by molar-refractivity contribution is -0.431. The van der Waals surface area contributed by atoms with Gasteiger partial charge in [0.1, 0.15) is 18.5 Å². The molecule has 392 valence electrons. The fourth-order valence-electron chi connectivity index (χ4n) is 10.2. The molecule has 18 atom stereocenters. The summed E-state index contributed by atoms with van der Waals surface area (Å²) in [5, 5.41) is 0. The van der Waals surface area contributed by atoms with Crippen LogP contribution in [0.5, 0.6) is 0 Å². The number of halogens is 25. The second-order valence-corrected chi connectivity index (χ2v) is 17.8. The third kappa shape index (κ3) is 10.6. The number of hydrogen-bond donors (Lipinski definition) is 0. The average Bonchev–Trinajstić information content (AvgIpc) is 3.73. The lowest BCUT2D eigenvalue weighted by atomic mass is 9.53. The first-order valence-corrected chi connectivity index (χ1v) is 20.1. The fraction of sp³-hybridized carbons (Fsp3) is 1.00. The van der Waals surface area contributed by atoms with E-state index in [9.17, 15) is 110 Å². The molecule has 6 fully saturated rings. The molecule has 65 heavy (non-hydrogen) atoms. The van der Waals surface area contributed by atoms with E-state index in [1.165, 1.54) is 20.8 Å². The van der Waals surface area contributed by atoms with Crippen LogP contribution < -0.4 is 0 Å². The molecular weight excluding hydrogens is 955 g/mol. The van der Waals surface area contributed by atoms with Crippen molar-refractivity contribution in [3.8, 4) is 0 Å². The number of alkyl halides is 25. The molecule has 0 aliphatic heterocycles. The Kier molecular flexibility index (Phi) is 19.4. The van der Waals surface area contributed by atoms with Crippen LogP contribution in [0.4, 0.5) is 110 Å². The molecule has 0 saturated heterocycles. The number of rotatable bonds is 0. The topological polar surface area (TPSA) is 0 Å². The van der Waals surface area contributed by atoms with Gasteiger partial charge in [0.2, 0.25) is 5.67 Å². The monoisotopic (exact) mass is 1010 g/mol. The first kappa shape index (κ1) is 63.2. The molecule has 6 rings (SSSR count). The predicted molar refractivity (Wildman–Crippen MR) is 190 cm³/mol. The highest BCUT2D eigenvalue weighted by atomic mass is 19.4. The van der Waals surface area contributed by atoms with E-state index in [0.717, 1.165) is 26.7 Å². The smallest absolute Gasteiger partial charge is 0.247 e. The van der Waals surface area contributed by atoms with E-state index in [2.05, 4.69) is 0 Å². The van der Waals surface area contributed by atoms with Crippen molar-refractivity contribution >= 4 is 0 Å². The van der Waals surface area contributed by atoms with Gasteiger partial charge in [-0.1, -0.05) is 76.7 Å². The Balaban J connectivity index is 0.000000844. The van der Waals surface area contributed by atoms with Gasteiger partial charge in [-0.25, -0.2) is 30.7 Å². The van der Waals surface area contributed by atoms with Gasteiger partial charge in [0, 0.05) is 11.8 Å². The molecule has 0 radical (unpaired) electrons. The van der Waals surface area contributed by atoms with Gasteiger partial charge >= 0.3 is 42.5 Å². The molecule has 0 aromatic carbocycles. The first-order chi connectivity index (χ1) is 28.1. The van der Waals surface area contributed by atoms with Crippen LogP contribution in [0, 0.1) is 76.4 Å². The molecule has 25 heteroatoms. The molecule has 0 nitrogen and oxygen atoms in total. The maximum atomic E-state index is 13.2. The van der Waals surface area contributed by atoms with E-state index in [1.807, 2.05) is 20.8 Å². The molecule has 0 N–H and O–H groups in total. The Bertz CT molecular complexity index is 1390. The zero-order chi connectivity index (χ0) is 51.7. The van der Waals surface area contributed by atoms with Crippen LogP contribution in [-0.4, -0.2) is 78.8 Å². The van der Waals surface area contributed by atoms with Crippen LogP contribution in [0.25, 0.3) is 0 Å². The summed E-state index contributed by atoms with van der Waals surface area (Å²) in [7, 11) is 0. The summed E-state index contributed by atoms with van der Waals surface area (Å²) in [5.41, 5.74) is -6.41. The van der Waals surface area contributed by atoms with Crippen LogP contribution in [0.15, 0.2) is 0 Å². The lowest BCUT2D eigenvalue weighted by Gasteiger charge is -2.53. The summed E-state index contributed by atoms with van der Waals surface area (Å²) in [4.78, 5) is 0. The predicted octanol–water partition coefficient (Wildman–Crippen LogP) is 16.9. The molecule has 0 aromatic heterocycles. The van der Waals surface area contributed by atoms with Gasteiger partial charge in [-0.3, -0.25) is 0 Å². The van der Waals surface area contributed by atoms with Crippen LogP contribution in [-0.2, 0) is 0 Å². The van der Waals surface area contributed by atoms with E-state index in [4.69, 9.17) is 0 Å². The summed E-state index contributed by atoms with van der Waals surface area (Å²) in [6, 6.07) is 0. The van der Waals surface area contributed by atoms with E-state index in [-0.39, 0.29) is 26.2 Å². The second-order valence-electron chi connectivity index (χ2n) is 17.8. The van der Waals surface area contributed by atoms with Crippen LogP contribution in [0.3, 0.4) is 0 Å². The molecular formula is C40H57F25. The maximum absolute atomic E-state index is 13.2.